The van der Waals surface area contributed by atoms with E-state index in [0.29, 0.717) is 6.61 Å². The van der Waals surface area contributed by atoms with E-state index in [9.17, 15) is 0 Å². The number of hydrogen-bond acceptors (Lipinski definition) is 4. The van der Waals surface area contributed by atoms with E-state index >= 15 is 0 Å². The molecule has 0 aliphatic carbocycles. The van der Waals surface area contributed by atoms with Crippen LogP contribution in [0.3, 0.4) is 0 Å². The van der Waals surface area contributed by atoms with Crippen molar-refractivity contribution < 1.29 is 14.2 Å². The summed E-state index contributed by atoms with van der Waals surface area (Å²) in [4.78, 5) is 0. The Kier molecular flexibility index (Phi) is 8.83. The second-order valence-electron chi connectivity index (χ2n) is 4.52. The fourth-order valence-corrected chi connectivity index (χ4v) is 1.92. The molecule has 0 amide bonds. The van der Waals surface area contributed by atoms with Gasteiger partial charge in [-0.25, -0.2) is 0 Å². The van der Waals surface area contributed by atoms with Gasteiger partial charge in [-0.3, -0.25) is 0 Å². The summed E-state index contributed by atoms with van der Waals surface area (Å²) in [6, 6.07) is 5.97. The minimum Gasteiger partial charge on any atom is -0.493 e. The van der Waals surface area contributed by atoms with Gasteiger partial charge in [-0.2, -0.15) is 0 Å². The third kappa shape index (κ3) is 5.80. The SMILES string of the molecule is CCCCOCCNCc1cccc(OCC)c1OC. The molecule has 0 aromatic heterocycles. The minimum atomic E-state index is 0.637. The van der Waals surface area contributed by atoms with E-state index in [1.807, 2.05) is 25.1 Å². The van der Waals surface area contributed by atoms with Gasteiger partial charge in [0, 0.05) is 25.3 Å². The number of unbranched alkanes of at least 4 members (excludes halogenated alkanes) is 1. The first-order valence-corrected chi connectivity index (χ1v) is 7.40. The highest BCUT2D eigenvalue weighted by molar-refractivity contribution is 5.46. The van der Waals surface area contributed by atoms with Crippen LogP contribution < -0.4 is 14.8 Å². The number of methoxy groups -OCH3 is 1. The van der Waals surface area contributed by atoms with Crippen molar-refractivity contribution in [2.24, 2.45) is 0 Å². The van der Waals surface area contributed by atoms with Gasteiger partial charge >= 0.3 is 0 Å². The van der Waals surface area contributed by atoms with Crippen molar-refractivity contribution in [2.75, 3.05) is 33.5 Å². The molecule has 0 fully saturated rings. The van der Waals surface area contributed by atoms with Gasteiger partial charge in [-0.05, 0) is 19.4 Å². The smallest absolute Gasteiger partial charge is 0.165 e. The highest BCUT2D eigenvalue weighted by Gasteiger charge is 2.09. The molecule has 0 heterocycles. The Morgan fingerprint density at radius 1 is 1.15 bits per heavy atom. The molecule has 0 saturated carbocycles. The number of ether oxygens (including phenoxy) is 3. The molecule has 1 rings (SSSR count). The summed E-state index contributed by atoms with van der Waals surface area (Å²) in [7, 11) is 1.68. The van der Waals surface area contributed by atoms with E-state index in [4.69, 9.17) is 14.2 Å². The predicted molar refractivity (Wildman–Crippen MR) is 81.6 cm³/mol. The molecule has 114 valence electrons. The lowest BCUT2D eigenvalue weighted by Gasteiger charge is -2.14. The average molecular weight is 281 g/mol. The van der Waals surface area contributed by atoms with Gasteiger partial charge < -0.3 is 19.5 Å². The molecule has 1 aromatic rings. The molecule has 4 heteroatoms. The maximum absolute atomic E-state index is 5.56. The molecule has 0 aliphatic heterocycles. The van der Waals surface area contributed by atoms with Gasteiger partial charge in [0.1, 0.15) is 0 Å². The number of benzene rings is 1. The topological polar surface area (TPSA) is 39.7 Å². The van der Waals surface area contributed by atoms with Crippen LogP contribution in [0.4, 0.5) is 0 Å². The van der Waals surface area contributed by atoms with Gasteiger partial charge in [0.25, 0.3) is 0 Å². The first kappa shape index (κ1) is 16.8. The third-order valence-electron chi connectivity index (χ3n) is 2.95. The molecule has 0 unspecified atom stereocenters. The Bertz CT molecular complexity index is 369. The summed E-state index contributed by atoms with van der Waals surface area (Å²) in [6.07, 6.45) is 2.30. The molecule has 1 N–H and O–H groups in total. The minimum absolute atomic E-state index is 0.637. The molecule has 1 aromatic carbocycles. The van der Waals surface area contributed by atoms with Gasteiger partial charge in [-0.1, -0.05) is 25.5 Å². The predicted octanol–water partition coefficient (Wildman–Crippen LogP) is 3.00. The van der Waals surface area contributed by atoms with E-state index in [1.54, 1.807) is 7.11 Å². The van der Waals surface area contributed by atoms with Crippen molar-refractivity contribution in [1.29, 1.82) is 0 Å². The molecular formula is C16H27NO3. The van der Waals surface area contributed by atoms with Crippen molar-refractivity contribution in [3.63, 3.8) is 0 Å². The van der Waals surface area contributed by atoms with Crippen molar-refractivity contribution in [1.82, 2.24) is 5.32 Å². The molecule has 0 bridgehead atoms. The fraction of sp³-hybridized carbons (Fsp3) is 0.625. The fourth-order valence-electron chi connectivity index (χ4n) is 1.92. The van der Waals surface area contributed by atoms with Gasteiger partial charge in [-0.15, -0.1) is 0 Å². The number of nitrogens with one attached hydrogen (secondary N) is 1. The Hall–Kier alpha value is -1.26. The van der Waals surface area contributed by atoms with E-state index in [0.717, 1.165) is 49.8 Å². The largest absolute Gasteiger partial charge is 0.493 e. The first-order valence-electron chi connectivity index (χ1n) is 7.40. The van der Waals surface area contributed by atoms with Crippen LogP contribution in [0.25, 0.3) is 0 Å². The number of hydrogen-bond donors (Lipinski definition) is 1. The zero-order valence-electron chi connectivity index (χ0n) is 12.9. The summed E-state index contributed by atoms with van der Waals surface area (Å²) in [6.45, 7) is 7.96. The molecular weight excluding hydrogens is 254 g/mol. The van der Waals surface area contributed by atoms with Crippen LogP contribution in [0.5, 0.6) is 11.5 Å². The highest BCUT2D eigenvalue weighted by Crippen LogP contribution is 2.30. The standard InChI is InChI=1S/C16H27NO3/c1-4-6-11-19-12-10-17-13-14-8-7-9-15(20-5-2)16(14)18-3/h7-9,17H,4-6,10-13H2,1-3H3. The van der Waals surface area contributed by atoms with Crippen LogP contribution in [-0.4, -0.2) is 33.5 Å². The quantitative estimate of drug-likeness (QED) is 0.633. The van der Waals surface area contributed by atoms with Crippen molar-refractivity contribution in [3.8, 4) is 11.5 Å². The van der Waals surface area contributed by atoms with E-state index in [-0.39, 0.29) is 0 Å². The Balaban J connectivity index is 2.37. The lowest BCUT2D eigenvalue weighted by molar-refractivity contribution is 0.133. The van der Waals surface area contributed by atoms with E-state index in [2.05, 4.69) is 12.2 Å². The monoisotopic (exact) mass is 281 g/mol. The van der Waals surface area contributed by atoms with E-state index in [1.165, 1.54) is 6.42 Å². The van der Waals surface area contributed by atoms with Crippen molar-refractivity contribution in [2.45, 2.75) is 33.2 Å². The highest BCUT2D eigenvalue weighted by atomic mass is 16.5. The summed E-state index contributed by atoms with van der Waals surface area (Å²) in [5.41, 5.74) is 1.10. The second-order valence-corrected chi connectivity index (χ2v) is 4.52. The molecule has 0 saturated heterocycles. The van der Waals surface area contributed by atoms with Crippen LogP contribution in [0.1, 0.15) is 32.3 Å². The van der Waals surface area contributed by atoms with Crippen LogP contribution in [-0.2, 0) is 11.3 Å². The molecule has 0 spiro atoms. The summed E-state index contributed by atoms with van der Waals surface area (Å²) in [5.74, 6) is 1.61. The zero-order valence-corrected chi connectivity index (χ0v) is 12.9. The average Bonchev–Trinajstić information content (AvgIpc) is 2.47. The summed E-state index contributed by atoms with van der Waals surface area (Å²) >= 11 is 0. The lowest BCUT2D eigenvalue weighted by Crippen LogP contribution is -2.20. The van der Waals surface area contributed by atoms with Crippen LogP contribution in [0.15, 0.2) is 18.2 Å². The number of para-hydroxylation sites is 1. The zero-order chi connectivity index (χ0) is 14.6. The molecule has 20 heavy (non-hydrogen) atoms. The third-order valence-corrected chi connectivity index (χ3v) is 2.95. The summed E-state index contributed by atoms with van der Waals surface area (Å²) in [5, 5.41) is 3.36. The van der Waals surface area contributed by atoms with E-state index < -0.39 is 0 Å². The van der Waals surface area contributed by atoms with Gasteiger partial charge in [0.15, 0.2) is 11.5 Å². The maximum Gasteiger partial charge on any atom is 0.165 e. The molecule has 0 aliphatic rings. The normalized spacial score (nSPS) is 10.6. The molecule has 0 radical (unpaired) electrons. The lowest BCUT2D eigenvalue weighted by atomic mass is 10.2. The van der Waals surface area contributed by atoms with Gasteiger partial charge in [0.2, 0.25) is 0 Å². The van der Waals surface area contributed by atoms with Gasteiger partial charge in [0.05, 0.1) is 20.3 Å². The molecule has 0 atom stereocenters. The molecule has 4 nitrogen and oxygen atoms in total. The number of rotatable bonds is 11. The Morgan fingerprint density at radius 2 is 2.00 bits per heavy atom. The van der Waals surface area contributed by atoms with Crippen molar-refractivity contribution in [3.05, 3.63) is 23.8 Å². The van der Waals surface area contributed by atoms with Crippen LogP contribution in [0.2, 0.25) is 0 Å². The maximum atomic E-state index is 5.56. The van der Waals surface area contributed by atoms with Crippen molar-refractivity contribution >= 4 is 0 Å². The van der Waals surface area contributed by atoms with Crippen LogP contribution in [0, 0.1) is 0 Å². The first-order chi connectivity index (χ1) is 9.83. The Labute approximate surface area is 122 Å². The summed E-state index contributed by atoms with van der Waals surface area (Å²) < 4.78 is 16.5. The Morgan fingerprint density at radius 3 is 2.70 bits per heavy atom. The van der Waals surface area contributed by atoms with Crippen LogP contribution >= 0.6 is 0 Å². The second kappa shape index (κ2) is 10.5.